The number of esters is 1. The molecule has 4 aromatic carbocycles. The van der Waals surface area contributed by atoms with E-state index in [1.165, 1.54) is 42.9 Å². The van der Waals surface area contributed by atoms with Gasteiger partial charge in [0.1, 0.15) is 23.0 Å². The highest BCUT2D eigenvalue weighted by Gasteiger charge is 2.45. The van der Waals surface area contributed by atoms with Crippen LogP contribution in [0.4, 0.5) is 4.79 Å². The van der Waals surface area contributed by atoms with E-state index in [9.17, 15) is 9.59 Å². The van der Waals surface area contributed by atoms with Crippen molar-refractivity contribution in [2.45, 2.75) is 118 Å². The molecule has 2 aliphatic carbocycles. The molecule has 0 aromatic heterocycles. The Morgan fingerprint density at radius 2 is 1.18 bits per heavy atom. The Balaban J connectivity index is 1.17. The van der Waals surface area contributed by atoms with E-state index in [0.717, 1.165) is 43.4 Å². The minimum absolute atomic E-state index is 0.123. The van der Waals surface area contributed by atoms with Gasteiger partial charge in [-0.15, -0.1) is 0 Å². The van der Waals surface area contributed by atoms with Crippen molar-refractivity contribution in [1.29, 1.82) is 0 Å². The highest BCUT2D eigenvalue weighted by Crippen LogP contribution is 2.54. The monoisotopic (exact) mass is 758 g/mol. The lowest BCUT2D eigenvalue weighted by Gasteiger charge is -2.48. The fourth-order valence-corrected chi connectivity index (χ4v) is 10.7. The third-order valence-electron chi connectivity index (χ3n) is 13.2. The first kappa shape index (κ1) is 41.1. The molecule has 6 nitrogen and oxygen atoms in total. The van der Waals surface area contributed by atoms with Gasteiger partial charge < -0.3 is 18.9 Å². The first-order valence-electron chi connectivity index (χ1n) is 20.6. The van der Waals surface area contributed by atoms with E-state index in [1.54, 1.807) is 7.11 Å². The molecule has 5 atom stereocenters. The Kier molecular flexibility index (Phi) is 12.1. The summed E-state index contributed by atoms with van der Waals surface area (Å²) in [5.74, 6) is 3.77. The molecule has 6 heteroatoms. The average molecular weight is 759 g/mol. The van der Waals surface area contributed by atoms with E-state index in [2.05, 4.69) is 97.0 Å². The summed E-state index contributed by atoms with van der Waals surface area (Å²) in [5, 5.41) is 0. The number of hydrogen-bond donors (Lipinski definition) is 0. The van der Waals surface area contributed by atoms with Crippen molar-refractivity contribution in [3.05, 3.63) is 119 Å². The van der Waals surface area contributed by atoms with Gasteiger partial charge in [0.05, 0.1) is 7.11 Å². The maximum absolute atomic E-state index is 13.1. The Hall–Kier alpha value is -4.58. The maximum Gasteiger partial charge on any atom is 0.519 e. The standard InChI is InChI=1S/C50H62O6/c1-34-31-47(4,5)33-50(32-34,39-16-24-42(25-17-39)54-36(3)51)40-18-26-44(27-19-40)56-46(52)55-43-22-14-38(15-23-43)49(8,37-12-20-41(53-9)21-13-37)30-28-45-35(2)11-10-29-48(45,6)7/h12-27,34-35,45H,10-11,28-33H2,1-9H3. The van der Waals surface area contributed by atoms with Gasteiger partial charge >= 0.3 is 12.1 Å². The SMILES string of the molecule is COc1ccc(C(C)(CCC2C(C)CCCC2(C)C)c2ccc(OC(=O)Oc3ccc(C4(c5ccc(OC(C)=O)cc5)CC(C)CC(C)(C)C4)cc3)cc2)cc1. The fourth-order valence-electron chi connectivity index (χ4n) is 10.7. The summed E-state index contributed by atoms with van der Waals surface area (Å²) in [6.07, 6.45) is 8.35. The van der Waals surface area contributed by atoms with Crippen molar-refractivity contribution in [2.75, 3.05) is 7.11 Å². The second-order valence-electron chi connectivity index (χ2n) is 18.6. The molecule has 0 bridgehead atoms. The van der Waals surface area contributed by atoms with Crippen molar-refractivity contribution in [3.8, 4) is 23.0 Å². The summed E-state index contributed by atoms with van der Waals surface area (Å²) in [7, 11) is 1.70. The first-order chi connectivity index (χ1) is 26.5. The van der Waals surface area contributed by atoms with Gasteiger partial charge in [-0.3, -0.25) is 4.79 Å². The van der Waals surface area contributed by atoms with Gasteiger partial charge in [0.25, 0.3) is 0 Å². The lowest BCUT2D eigenvalue weighted by atomic mass is 9.55. The molecule has 0 N–H and O–H groups in total. The van der Waals surface area contributed by atoms with Gasteiger partial charge in [0.15, 0.2) is 0 Å². The number of carbonyl (C=O) groups excluding carboxylic acids is 2. The van der Waals surface area contributed by atoms with Gasteiger partial charge in [-0.05, 0) is 138 Å². The quantitative estimate of drug-likeness (QED) is 0.0862. The molecule has 0 saturated heterocycles. The number of ether oxygens (including phenoxy) is 4. The van der Waals surface area contributed by atoms with Crippen LogP contribution in [0, 0.1) is 28.6 Å². The molecule has 0 aliphatic heterocycles. The molecule has 4 aromatic rings. The minimum Gasteiger partial charge on any atom is -0.497 e. The first-order valence-corrected chi connectivity index (χ1v) is 20.6. The molecular formula is C50H62O6. The number of carbonyl (C=O) groups is 2. The third-order valence-corrected chi connectivity index (χ3v) is 13.2. The molecule has 2 fully saturated rings. The van der Waals surface area contributed by atoms with Crippen LogP contribution in [-0.4, -0.2) is 19.2 Å². The van der Waals surface area contributed by atoms with Crippen molar-refractivity contribution >= 4 is 12.1 Å². The molecule has 6 rings (SSSR count). The molecule has 0 amide bonds. The minimum atomic E-state index is -0.778. The maximum atomic E-state index is 13.1. The zero-order valence-electron chi connectivity index (χ0n) is 35.1. The molecule has 0 heterocycles. The van der Waals surface area contributed by atoms with E-state index in [0.29, 0.717) is 40.4 Å². The van der Waals surface area contributed by atoms with Crippen LogP contribution in [0.5, 0.6) is 23.0 Å². The smallest absolute Gasteiger partial charge is 0.497 e. The number of benzene rings is 4. The van der Waals surface area contributed by atoms with Gasteiger partial charge in [-0.1, -0.05) is 110 Å². The highest BCUT2D eigenvalue weighted by molar-refractivity contribution is 5.69. The van der Waals surface area contributed by atoms with E-state index >= 15 is 0 Å². The number of methoxy groups -OCH3 is 1. The van der Waals surface area contributed by atoms with Crippen LogP contribution in [0.25, 0.3) is 0 Å². The van der Waals surface area contributed by atoms with E-state index < -0.39 is 6.16 Å². The van der Waals surface area contributed by atoms with Crippen LogP contribution in [-0.2, 0) is 15.6 Å². The summed E-state index contributed by atoms with van der Waals surface area (Å²) in [4.78, 5) is 24.7. The van der Waals surface area contributed by atoms with Crippen LogP contribution in [0.1, 0.15) is 129 Å². The topological polar surface area (TPSA) is 71.1 Å². The molecular weight excluding hydrogens is 697 g/mol. The molecule has 2 saturated carbocycles. The second kappa shape index (κ2) is 16.5. The molecule has 5 unspecified atom stereocenters. The van der Waals surface area contributed by atoms with Gasteiger partial charge in [0, 0.05) is 17.8 Å². The lowest BCUT2D eigenvalue weighted by molar-refractivity contribution is -0.131. The summed E-state index contributed by atoms with van der Waals surface area (Å²) in [5.41, 5.74) is 4.71. The third kappa shape index (κ3) is 9.17. The van der Waals surface area contributed by atoms with Gasteiger partial charge in [-0.25, -0.2) is 4.79 Å². The van der Waals surface area contributed by atoms with E-state index in [-0.39, 0.29) is 22.2 Å². The predicted molar refractivity (Wildman–Crippen MR) is 224 cm³/mol. The molecule has 2 aliphatic rings. The number of hydrogen-bond acceptors (Lipinski definition) is 6. The Morgan fingerprint density at radius 1 is 0.696 bits per heavy atom. The van der Waals surface area contributed by atoms with E-state index in [1.807, 2.05) is 48.5 Å². The fraction of sp³-hybridized carbons (Fsp3) is 0.480. The summed E-state index contributed by atoms with van der Waals surface area (Å²) < 4.78 is 22.3. The van der Waals surface area contributed by atoms with Gasteiger partial charge in [0.2, 0.25) is 0 Å². The van der Waals surface area contributed by atoms with Crippen LogP contribution < -0.4 is 18.9 Å². The Bertz CT molecular complexity index is 1940. The van der Waals surface area contributed by atoms with Crippen LogP contribution in [0.2, 0.25) is 0 Å². The zero-order valence-corrected chi connectivity index (χ0v) is 35.1. The molecule has 298 valence electrons. The van der Waals surface area contributed by atoms with Crippen LogP contribution in [0.15, 0.2) is 97.1 Å². The Morgan fingerprint density at radius 3 is 1.64 bits per heavy atom. The average Bonchev–Trinajstić information content (AvgIpc) is 3.14. The molecule has 0 radical (unpaired) electrons. The van der Waals surface area contributed by atoms with Crippen molar-refractivity contribution in [2.24, 2.45) is 28.6 Å². The van der Waals surface area contributed by atoms with Crippen molar-refractivity contribution in [3.63, 3.8) is 0 Å². The molecule has 56 heavy (non-hydrogen) atoms. The van der Waals surface area contributed by atoms with Crippen molar-refractivity contribution < 1.29 is 28.5 Å². The zero-order chi connectivity index (χ0) is 40.3. The molecule has 0 spiro atoms. The summed E-state index contributed by atoms with van der Waals surface area (Å²) >= 11 is 0. The van der Waals surface area contributed by atoms with Crippen LogP contribution in [0.3, 0.4) is 0 Å². The highest BCUT2D eigenvalue weighted by atomic mass is 16.7. The van der Waals surface area contributed by atoms with E-state index in [4.69, 9.17) is 18.9 Å². The van der Waals surface area contributed by atoms with Gasteiger partial charge in [-0.2, -0.15) is 0 Å². The largest absolute Gasteiger partial charge is 0.519 e. The van der Waals surface area contributed by atoms with Crippen molar-refractivity contribution in [1.82, 2.24) is 0 Å². The second-order valence-corrected chi connectivity index (χ2v) is 18.6. The summed E-state index contributed by atoms with van der Waals surface area (Å²) in [6, 6.07) is 32.1. The lowest BCUT2D eigenvalue weighted by Crippen LogP contribution is -2.41. The number of rotatable bonds is 11. The normalized spacial score (nSPS) is 24.0. The Labute approximate surface area is 335 Å². The predicted octanol–water partition coefficient (Wildman–Crippen LogP) is 12.9. The summed E-state index contributed by atoms with van der Waals surface area (Å²) in [6.45, 7) is 18.1. The van der Waals surface area contributed by atoms with Crippen LogP contribution >= 0.6 is 0 Å².